The number of likely N-dealkylation sites (tertiary alicyclic amines) is 1. The fourth-order valence-corrected chi connectivity index (χ4v) is 3.02. The maximum atomic E-state index is 12.4. The van der Waals surface area contributed by atoms with Crippen molar-refractivity contribution in [2.75, 3.05) is 18.4 Å². The number of nitriles is 1. The Bertz CT molecular complexity index is 974. The molecule has 0 spiro atoms. The lowest BCUT2D eigenvalue weighted by Gasteiger charge is -2.11. The Labute approximate surface area is 143 Å². The zero-order chi connectivity index (χ0) is 17.2. The molecule has 0 aliphatic carbocycles. The molecule has 3 aromatic rings. The molecule has 124 valence electrons. The molecule has 1 fully saturated rings. The topological polar surface area (TPSA) is 99.2 Å². The summed E-state index contributed by atoms with van der Waals surface area (Å²) in [7, 11) is 0. The van der Waals surface area contributed by atoms with Gasteiger partial charge in [-0.3, -0.25) is 9.20 Å². The fourth-order valence-electron chi connectivity index (χ4n) is 3.02. The number of anilines is 1. The summed E-state index contributed by atoms with van der Waals surface area (Å²) in [5.74, 6) is 0.807. The zero-order valence-corrected chi connectivity index (χ0v) is 13.3. The second kappa shape index (κ2) is 6.20. The van der Waals surface area contributed by atoms with Gasteiger partial charge in [-0.15, -0.1) is 0 Å². The molecule has 0 radical (unpaired) electrons. The van der Waals surface area contributed by atoms with Crippen molar-refractivity contribution in [2.45, 2.75) is 6.42 Å². The van der Waals surface area contributed by atoms with Gasteiger partial charge in [0, 0.05) is 43.4 Å². The number of carbonyl (C=O) groups excluding carboxylic acids is 1. The molecule has 0 bridgehead atoms. The number of fused-ring (bicyclic) bond motifs is 1. The third kappa shape index (κ3) is 2.87. The number of imidazole rings is 1. The normalized spacial score (nSPS) is 16.8. The van der Waals surface area contributed by atoms with Crippen molar-refractivity contribution in [1.29, 1.82) is 5.26 Å². The number of hydrogen-bond acceptors (Lipinski definition) is 6. The lowest BCUT2D eigenvalue weighted by molar-refractivity contribution is -0.119. The monoisotopic (exact) mass is 333 g/mol. The average molecular weight is 333 g/mol. The van der Waals surface area contributed by atoms with Gasteiger partial charge in [-0.1, -0.05) is 0 Å². The van der Waals surface area contributed by atoms with Gasteiger partial charge in [0.1, 0.15) is 5.82 Å². The van der Waals surface area contributed by atoms with Crippen molar-refractivity contribution in [1.82, 2.24) is 24.3 Å². The molecule has 1 amide bonds. The molecule has 3 aromatic heterocycles. The largest absolute Gasteiger partial charge is 0.310 e. The van der Waals surface area contributed by atoms with Crippen LogP contribution >= 0.6 is 0 Å². The summed E-state index contributed by atoms with van der Waals surface area (Å²) < 4.78 is 1.88. The predicted molar refractivity (Wildman–Crippen MR) is 90.1 cm³/mol. The van der Waals surface area contributed by atoms with Gasteiger partial charge in [0.25, 0.3) is 0 Å². The van der Waals surface area contributed by atoms with Gasteiger partial charge in [0.2, 0.25) is 11.7 Å². The van der Waals surface area contributed by atoms with Crippen LogP contribution in [0.5, 0.6) is 0 Å². The molecule has 4 rings (SSSR count). The van der Waals surface area contributed by atoms with Gasteiger partial charge in [-0.2, -0.15) is 5.26 Å². The molecule has 0 saturated carbocycles. The molecule has 1 unspecified atom stereocenters. The number of hydrogen-bond donors (Lipinski definition) is 1. The van der Waals surface area contributed by atoms with Gasteiger partial charge >= 0.3 is 0 Å². The van der Waals surface area contributed by atoms with Crippen molar-refractivity contribution in [2.24, 2.45) is 5.92 Å². The van der Waals surface area contributed by atoms with Crippen molar-refractivity contribution >= 4 is 17.5 Å². The van der Waals surface area contributed by atoms with E-state index < -0.39 is 0 Å². The summed E-state index contributed by atoms with van der Waals surface area (Å²) in [6.07, 6.45) is 9.65. The molecule has 1 saturated heterocycles. The first-order valence-corrected chi connectivity index (χ1v) is 7.94. The van der Waals surface area contributed by atoms with Crippen LogP contribution in [0.15, 0.2) is 43.0 Å². The van der Waals surface area contributed by atoms with Crippen molar-refractivity contribution in [3.63, 3.8) is 0 Å². The molecule has 8 heteroatoms. The molecule has 4 heterocycles. The molecular weight excluding hydrogens is 318 g/mol. The molecule has 1 N–H and O–H groups in total. The molecule has 0 aromatic carbocycles. The first-order chi connectivity index (χ1) is 12.2. The highest BCUT2D eigenvalue weighted by Gasteiger charge is 2.28. The molecule has 1 atom stereocenters. The zero-order valence-electron chi connectivity index (χ0n) is 13.3. The number of amides is 1. The van der Waals surface area contributed by atoms with E-state index in [1.807, 2.05) is 28.8 Å². The fraction of sp³-hybridized carbons (Fsp3) is 0.235. The van der Waals surface area contributed by atoms with Crippen LogP contribution in [0.2, 0.25) is 0 Å². The Hall–Kier alpha value is -3.47. The van der Waals surface area contributed by atoms with Gasteiger partial charge in [-0.05, 0) is 24.6 Å². The standard InChI is InChI=1S/C17H15N7O/c18-11-23-7-3-13(10-23)16(25)22-15-9-12(1-4-19-15)14-2-5-20-17-21-6-8-24(14)17/h1-2,4-6,8-9,13H,3,7,10H2,(H,19,22,25). The van der Waals surface area contributed by atoms with Crippen molar-refractivity contribution in [3.05, 3.63) is 43.0 Å². The van der Waals surface area contributed by atoms with E-state index in [1.165, 1.54) is 0 Å². The van der Waals surface area contributed by atoms with Crippen LogP contribution in [-0.2, 0) is 4.79 Å². The predicted octanol–water partition coefficient (Wildman–Crippen LogP) is 1.53. The number of aromatic nitrogens is 4. The van der Waals surface area contributed by atoms with Crippen LogP contribution in [0.4, 0.5) is 5.82 Å². The molecule has 8 nitrogen and oxygen atoms in total. The van der Waals surface area contributed by atoms with E-state index in [2.05, 4.69) is 26.5 Å². The number of pyridine rings is 1. The Morgan fingerprint density at radius 3 is 2.92 bits per heavy atom. The second-order valence-corrected chi connectivity index (χ2v) is 5.88. The quantitative estimate of drug-likeness (QED) is 0.730. The average Bonchev–Trinajstić information content (AvgIpc) is 3.30. The van der Waals surface area contributed by atoms with E-state index >= 15 is 0 Å². The number of carbonyl (C=O) groups is 1. The smallest absolute Gasteiger partial charge is 0.234 e. The highest BCUT2D eigenvalue weighted by atomic mass is 16.2. The third-order valence-corrected chi connectivity index (χ3v) is 4.31. The SMILES string of the molecule is N#CN1CCC(C(=O)Nc2cc(-c3ccnc4nccn34)ccn2)C1. The Morgan fingerprint density at radius 2 is 2.08 bits per heavy atom. The van der Waals surface area contributed by atoms with E-state index in [4.69, 9.17) is 5.26 Å². The van der Waals surface area contributed by atoms with Gasteiger partial charge in [0.15, 0.2) is 6.19 Å². The number of rotatable bonds is 3. The summed E-state index contributed by atoms with van der Waals surface area (Å²) in [6, 6.07) is 5.58. The Kier molecular flexibility index (Phi) is 3.74. The van der Waals surface area contributed by atoms with E-state index in [-0.39, 0.29) is 11.8 Å². The summed E-state index contributed by atoms with van der Waals surface area (Å²) >= 11 is 0. The van der Waals surface area contributed by atoms with E-state index in [0.29, 0.717) is 31.1 Å². The Balaban J connectivity index is 1.57. The molecular formula is C17H15N7O. The summed E-state index contributed by atoms with van der Waals surface area (Å²) in [6.45, 7) is 1.08. The summed E-state index contributed by atoms with van der Waals surface area (Å²) in [5, 5.41) is 11.8. The molecule has 1 aliphatic rings. The summed E-state index contributed by atoms with van der Waals surface area (Å²) in [5.41, 5.74) is 1.82. The van der Waals surface area contributed by atoms with Crippen LogP contribution in [0.25, 0.3) is 17.0 Å². The lowest BCUT2D eigenvalue weighted by Crippen LogP contribution is -2.25. The van der Waals surface area contributed by atoms with E-state index in [9.17, 15) is 4.79 Å². The van der Waals surface area contributed by atoms with E-state index in [1.54, 1.807) is 23.5 Å². The minimum absolute atomic E-state index is 0.107. The van der Waals surface area contributed by atoms with Gasteiger partial charge in [-0.25, -0.2) is 15.0 Å². The van der Waals surface area contributed by atoms with Crippen LogP contribution in [0.1, 0.15) is 6.42 Å². The summed E-state index contributed by atoms with van der Waals surface area (Å²) in [4.78, 5) is 26.6. The number of nitrogens with one attached hydrogen (secondary N) is 1. The number of nitrogens with zero attached hydrogens (tertiary/aromatic N) is 6. The Morgan fingerprint density at radius 1 is 1.24 bits per heavy atom. The van der Waals surface area contributed by atoms with Crippen LogP contribution in [-0.4, -0.2) is 43.2 Å². The van der Waals surface area contributed by atoms with Crippen molar-refractivity contribution in [3.8, 4) is 17.5 Å². The van der Waals surface area contributed by atoms with Gasteiger partial charge < -0.3 is 10.2 Å². The van der Waals surface area contributed by atoms with Crippen LogP contribution in [0, 0.1) is 17.4 Å². The highest BCUT2D eigenvalue weighted by molar-refractivity contribution is 5.92. The second-order valence-electron chi connectivity index (χ2n) is 5.88. The maximum Gasteiger partial charge on any atom is 0.234 e. The minimum atomic E-state index is -0.189. The highest BCUT2D eigenvalue weighted by Crippen LogP contribution is 2.22. The first kappa shape index (κ1) is 15.1. The van der Waals surface area contributed by atoms with Crippen LogP contribution < -0.4 is 5.32 Å². The van der Waals surface area contributed by atoms with Crippen LogP contribution in [0.3, 0.4) is 0 Å². The van der Waals surface area contributed by atoms with Gasteiger partial charge in [0.05, 0.1) is 11.6 Å². The first-order valence-electron chi connectivity index (χ1n) is 7.94. The van der Waals surface area contributed by atoms with Crippen molar-refractivity contribution < 1.29 is 4.79 Å². The lowest BCUT2D eigenvalue weighted by atomic mass is 10.1. The maximum absolute atomic E-state index is 12.4. The molecule has 1 aliphatic heterocycles. The van der Waals surface area contributed by atoms with E-state index in [0.717, 1.165) is 11.3 Å². The minimum Gasteiger partial charge on any atom is -0.310 e. The molecule has 25 heavy (non-hydrogen) atoms. The third-order valence-electron chi connectivity index (χ3n) is 4.31.